The molecule has 1 amide bonds. The summed E-state index contributed by atoms with van der Waals surface area (Å²) in [6, 6.07) is 16.9. The molecule has 1 N–H and O–H groups in total. The summed E-state index contributed by atoms with van der Waals surface area (Å²) in [6.45, 7) is 0. The molecule has 0 aromatic heterocycles. The SMILES string of the molecule is O=C(CCc1ccccc1)C1=C(O)C(=O)N(c2ccc(C(F)(F)F)cc2)C1c1ccc(F)cc1. The maximum atomic E-state index is 13.6. The minimum atomic E-state index is -4.57. The molecule has 174 valence electrons. The lowest BCUT2D eigenvalue weighted by Gasteiger charge is -2.27. The summed E-state index contributed by atoms with van der Waals surface area (Å²) in [5.74, 6) is -2.72. The lowest BCUT2D eigenvalue weighted by Crippen LogP contribution is -2.31. The van der Waals surface area contributed by atoms with Crippen LogP contribution >= 0.6 is 0 Å². The quantitative estimate of drug-likeness (QED) is 0.454. The van der Waals surface area contributed by atoms with E-state index in [0.717, 1.165) is 46.9 Å². The summed E-state index contributed by atoms with van der Waals surface area (Å²) < 4.78 is 52.5. The number of alkyl halides is 3. The number of ketones is 1. The molecule has 3 aromatic rings. The summed E-state index contributed by atoms with van der Waals surface area (Å²) in [6.07, 6.45) is -4.21. The van der Waals surface area contributed by atoms with Crippen LogP contribution in [0.4, 0.5) is 23.2 Å². The number of Topliss-reactive ketones (excluding diaryl/α,β-unsaturated/α-hetero) is 1. The molecule has 4 nitrogen and oxygen atoms in total. The largest absolute Gasteiger partial charge is 0.503 e. The van der Waals surface area contributed by atoms with Gasteiger partial charge in [0, 0.05) is 12.1 Å². The summed E-state index contributed by atoms with van der Waals surface area (Å²) in [5, 5.41) is 10.6. The summed E-state index contributed by atoms with van der Waals surface area (Å²) in [5.41, 5.74) is 0.203. The van der Waals surface area contributed by atoms with E-state index in [-0.39, 0.29) is 17.7 Å². The van der Waals surface area contributed by atoms with Crippen LogP contribution in [0.25, 0.3) is 0 Å². The van der Waals surface area contributed by atoms with Gasteiger partial charge in [0.1, 0.15) is 5.82 Å². The Balaban J connectivity index is 1.72. The Morgan fingerprint density at radius 1 is 0.912 bits per heavy atom. The third kappa shape index (κ3) is 4.57. The topological polar surface area (TPSA) is 57.6 Å². The fourth-order valence-electron chi connectivity index (χ4n) is 3.97. The van der Waals surface area contributed by atoms with E-state index in [2.05, 4.69) is 0 Å². The first-order chi connectivity index (χ1) is 16.2. The first-order valence-corrected chi connectivity index (χ1v) is 10.4. The Morgan fingerprint density at radius 2 is 1.53 bits per heavy atom. The van der Waals surface area contributed by atoms with Gasteiger partial charge in [0.05, 0.1) is 17.2 Å². The van der Waals surface area contributed by atoms with Crippen LogP contribution in [0.1, 0.15) is 29.2 Å². The van der Waals surface area contributed by atoms with Crippen LogP contribution in [0, 0.1) is 5.82 Å². The highest BCUT2D eigenvalue weighted by atomic mass is 19.4. The zero-order chi connectivity index (χ0) is 24.5. The van der Waals surface area contributed by atoms with Crippen LogP contribution < -0.4 is 4.90 Å². The van der Waals surface area contributed by atoms with Gasteiger partial charge in [-0.05, 0) is 53.9 Å². The van der Waals surface area contributed by atoms with E-state index < -0.39 is 41.0 Å². The van der Waals surface area contributed by atoms with Gasteiger partial charge < -0.3 is 5.11 Å². The van der Waals surface area contributed by atoms with E-state index in [0.29, 0.717) is 12.0 Å². The Labute approximate surface area is 192 Å². The van der Waals surface area contributed by atoms with Gasteiger partial charge in [-0.3, -0.25) is 14.5 Å². The highest BCUT2D eigenvalue weighted by molar-refractivity contribution is 6.16. The molecule has 0 fully saturated rings. The predicted octanol–water partition coefficient (Wildman–Crippen LogP) is 5.95. The molecule has 0 saturated heterocycles. The molecule has 4 rings (SSSR count). The van der Waals surface area contributed by atoms with Gasteiger partial charge in [-0.15, -0.1) is 0 Å². The number of benzene rings is 3. The predicted molar refractivity (Wildman–Crippen MR) is 117 cm³/mol. The molecule has 0 bridgehead atoms. The maximum Gasteiger partial charge on any atom is 0.416 e. The molecule has 1 aliphatic heterocycles. The van der Waals surface area contributed by atoms with Gasteiger partial charge in [-0.1, -0.05) is 42.5 Å². The first-order valence-electron chi connectivity index (χ1n) is 10.4. The first kappa shape index (κ1) is 23.2. The number of aryl methyl sites for hydroxylation is 1. The normalized spacial score (nSPS) is 16.3. The van der Waals surface area contributed by atoms with Crippen LogP contribution in [0.5, 0.6) is 0 Å². The average molecular weight is 469 g/mol. The van der Waals surface area contributed by atoms with Crippen molar-refractivity contribution >= 4 is 17.4 Å². The minimum Gasteiger partial charge on any atom is -0.503 e. The van der Waals surface area contributed by atoms with Crippen LogP contribution in [0.15, 0.2) is 90.2 Å². The van der Waals surface area contributed by atoms with Crippen molar-refractivity contribution in [2.75, 3.05) is 4.90 Å². The van der Waals surface area contributed by atoms with Crippen molar-refractivity contribution in [1.29, 1.82) is 0 Å². The number of halogens is 4. The highest BCUT2D eigenvalue weighted by Gasteiger charge is 2.44. The van der Waals surface area contributed by atoms with E-state index in [1.54, 1.807) is 0 Å². The Bertz CT molecular complexity index is 1230. The summed E-state index contributed by atoms with van der Waals surface area (Å²) in [4.78, 5) is 27.2. The molecular formula is C26H19F4NO3. The number of anilines is 1. The fourth-order valence-corrected chi connectivity index (χ4v) is 3.97. The van der Waals surface area contributed by atoms with Gasteiger partial charge in [-0.25, -0.2) is 4.39 Å². The lowest BCUT2D eigenvalue weighted by molar-refractivity contribution is -0.137. The van der Waals surface area contributed by atoms with E-state index in [1.165, 1.54) is 12.1 Å². The average Bonchev–Trinajstić information content (AvgIpc) is 3.09. The molecule has 0 radical (unpaired) electrons. The Hall–Kier alpha value is -3.94. The zero-order valence-electron chi connectivity index (χ0n) is 17.7. The fraction of sp³-hybridized carbons (Fsp3) is 0.154. The summed E-state index contributed by atoms with van der Waals surface area (Å²) >= 11 is 0. The minimum absolute atomic E-state index is 0.00473. The molecule has 1 atom stereocenters. The number of hydrogen-bond donors (Lipinski definition) is 1. The number of rotatable bonds is 6. The zero-order valence-corrected chi connectivity index (χ0v) is 17.7. The second-order valence-corrected chi connectivity index (χ2v) is 7.84. The smallest absolute Gasteiger partial charge is 0.416 e. The number of aliphatic hydroxyl groups excluding tert-OH is 1. The van der Waals surface area contributed by atoms with Gasteiger partial charge in [0.2, 0.25) is 0 Å². The molecule has 0 spiro atoms. The standard InChI is InChI=1S/C26H19F4NO3/c27-19-11-7-17(8-12-19)23-22(21(32)15-6-16-4-2-1-3-5-16)24(33)25(34)31(23)20-13-9-18(10-14-20)26(28,29)30/h1-5,7-14,23,33H,6,15H2. The van der Waals surface area contributed by atoms with Crippen LogP contribution in [0.2, 0.25) is 0 Å². The number of amides is 1. The molecule has 0 saturated carbocycles. The van der Waals surface area contributed by atoms with Crippen molar-refractivity contribution in [3.8, 4) is 0 Å². The van der Waals surface area contributed by atoms with Crippen LogP contribution in [-0.4, -0.2) is 16.8 Å². The summed E-state index contributed by atoms with van der Waals surface area (Å²) in [7, 11) is 0. The number of nitrogens with zero attached hydrogens (tertiary/aromatic N) is 1. The van der Waals surface area contributed by atoms with Crippen molar-refractivity contribution in [2.45, 2.75) is 25.1 Å². The van der Waals surface area contributed by atoms with E-state index in [9.17, 15) is 32.3 Å². The van der Waals surface area contributed by atoms with Crippen molar-refractivity contribution < 1.29 is 32.3 Å². The number of carbonyl (C=O) groups is 2. The third-order valence-corrected chi connectivity index (χ3v) is 5.65. The van der Waals surface area contributed by atoms with Gasteiger partial charge >= 0.3 is 6.18 Å². The molecule has 34 heavy (non-hydrogen) atoms. The van der Waals surface area contributed by atoms with Crippen molar-refractivity contribution in [1.82, 2.24) is 0 Å². The van der Waals surface area contributed by atoms with E-state index in [4.69, 9.17) is 0 Å². The van der Waals surface area contributed by atoms with Gasteiger partial charge in [0.15, 0.2) is 11.5 Å². The van der Waals surface area contributed by atoms with Crippen LogP contribution in [0.3, 0.4) is 0 Å². The monoisotopic (exact) mass is 469 g/mol. The molecule has 1 heterocycles. The van der Waals surface area contributed by atoms with E-state index >= 15 is 0 Å². The maximum absolute atomic E-state index is 13.6. The molecule has 1 aliphatic rings. The molecule has 0 aliphatic carbocycles. The van der Waals surface area contributed by atoms with Crippen molar-refractivity contribution in [3.05, 3.63) is 113 Å². The number of hydrogen-bond acceptors (Lipinski definition) is 3. The third-order valence-electron chi connectivity index (χ3n) is 5.65. The molecular weight excluding hydrogens is 450 g/mol. The van der Waals surface area contributed by atoms with Crippen LogP contribution in [-0.2, 0) is 22.2 Å². The molecule has 8 heteroatoms. The molecule has 3 aromatic carbocycles. The second kappa shape index (κ2) is 9.13. The van der Waals surface area contributed by atoms with Crippen molar-refractivity contribution in [3.63, 3.8) is 0 Å². The Morgan fingerprint density at radius 3 is 2.12 bits per heavy atom. The van der Waals surface area contributed by atoms with E-state index in [1.807, 2.05) is 30.3 Å². The second-order valence-electron chi connectivity index (χ2n) is 7.84. The van der Waals surface area contributed by atoms with Gasteiger partial charge in [0.25, 0.3) is 5.91 Å². The number of aliphatic hydroxyl groups is 1. The highest BCUT2D eigenvalue weighted by Crippen LogP contribution is 2.42. The molecule has 1 unspecified atom stereocenters. The number of carbonyl (C=O) groups excluding carboxylic acids is 2. The van der Waals surface area contributed by atoms with Gasteiger partial charge in [-0.2, -0.15) is 13.2 Å². The Kier molecular flexibility index (Phi) is 6.24. The lowest BCUT2D eigenvalue weighted by atomic mass is 9.93. The van der Waals surface area contributed by atoms with Crippen molar-refractivity contribution in [2.24, 2.45) is 0 Å².